The lowest BCUT2D eigenvalue weighted by Gasteiger charge is -2.16. The van der Waals surface area contributed by atoms with Crippen LogP contribution in [0.5, 0.6) is 23.0 Å². The van der Waals surface area contributed by atoms with E-state index in [1.807, 2.05) is 42.5 Å². The molecule has 3 rings (SSSR count). The van der Waals surface area contributed by atoms with Gasteiger partial charge in [-0.05, 0) is 55.5 Å². The molecule has 0 aliphatic carbocycles. The molecule has 1 N–H and O–H groups in total. The molecule has 3 aromatic carbocycles. The number of nitrogens with one attached hydrogen (secondary N) is 1. The van der Waals surface area contributed by atoms with Gasteiger partial charge in [-0.3, -0.25) is 4.79 Å². The minimum atomic E-state index is -0.679. The van der Waals surface area contributed by atoms with Crippen LogP contribution in [0.25, 0.3) is 0 Å². The van der Waals surface area contributed by atoms with Crippen LogP contribution in [0.1, 0.15) is 6.92 Å². The van der Waals surface area contributed by atoms with E-state index in [2.05, 4.69) is 5.32 Å². The zero-order valence-electron chi connectivity index (χ0n) is 15.2. The third-order valence-corrected chi connectivity index (χ3v) is 3.84. The van der Waals surface area contributed by atoms with Gasteiger partial charge in [0.25, 0.3) is 5.91 Å². The normalized spacial score (nSPS) is 11.3. The lowest BCUT2D eigenvalue weighted by molar-refractivity contribution is -0.122. The first kappa shape index (κ1) is 18.3. The van der Waals surface area contributed by atoms with E-state index in [4.69, 9.17) is 14.2 Å². The van der Waals surface area contributed by atoms with Crippen molar-refractivity contribution in [2.24, 2.45) is 0 Å². The van der Waals surface area contributed by atoms with Crippen molar-refractivity contribution in [2.75, 3.05) is 12.4 Å². The smallest absolute Gasteiger partial charge is 0.265 e. The quantitative estimate of drug-likeness (QED) is 0.649. The number of methoxy groups -OCH3 is 1. The molecule has 0 radical (unpaired) electrons. The molecule has 5 nitrogen and oxygen atoms in total. The predicted octanol–water partition coefficient (Wildman–Crippen LogP) is 4.89. The Morgan fingerprint density at radius 2 is 1.41 bits per heavy atom. The molecule has 3 aromatic rings. The number of carbonyl (C=O) groups excluding carboxylic acids is 1. The number of ether oxygens (including phenoxy) is 3. The van der Waals surface area contributed by atoms with Crippen LogP contribution < -0.4 is 19.5 Å². The van der Waals surface area contributed by atoms with Gasteiger partial charge >= 0.3 is 0 Å². The fourth-order valence-corrected chi connectivity index (χ4v) is 2.43. The van der Waals surface area contributed by atoms with Crippen LogP contribution in [0.3, 0.4) is 0 Å². The predicted molar refractivity (Wildman–Crippen MR) is 105 cm³/mol. The molecule has 0 aliphatic heterocycles. The monoisotopic (exact) mass is 363 g/mol. The van der Waals surface area contributed by atoms with Crippen molar-refractivity contribution in [3.8, 4) is 23.0 Å². The summed E-state index contributed by atoms with van der Waals surface area (Å²) in [5, 5.41) is 2.83. The van der Waals surface area contributed by atoms with Crippen LogP contribution in [0, 0.1) is 0 Å². The maximum atomic E-state index is 12.4. The number of anilines is 1. The molecule has 0 aliphatic rings. The summed E-state index contributed by atoms with van der Waals surface area (Å²) >= 11 is 0. The molecule has 1 unspecified atom stereocenters. The molecule has 0 aromatic heterocycles. The number of rotatable bonds is 7. The molecular weight excluding hydrogens is 342 g/mol. The van der Waals surface area contributed by atoms with Gasteiger partial charge in [0.2, 0.25) is 0 Å². The lowest BCUT2D eigenvalue weighted by atomic mass is 10.2. The van der Waals surface area contributed by atoms with Gasteiger partial charge in [-0.1, -0.05) is 30.3 Å². The molecule has 0 saturated carbocycles. The average Bonchev–Trinajstić information content (AvgIpc) is 2.70. The number of benzene rings is 3. The van der Waals surface area contributed by atoms with Crippen molar-refractivity contribution in [3.63, 3.8) is 0 Å². The highest BCUT2D eigenvalue weighted by molar-refractivity contribution is 5.94. The third-order valence-electron chi connectivity index (χ3n) is 3.84. The molecule has 0 bridgehead atoms. The molecule has 0 saturated heterocycles. The highest BCUT2D eigenvalue weighted by Crippen LogP contribution is 2.27. The van der Waals surface area contributed by atoms with Gasteiger partial charge < -0.3 is 19.5 Å². The zero-order valence-corrected chi connectivity index (χ0v) is 15.2. The summed E-state index contributed by atoms with van der Waals surface area (Å²) in [6.07, 6.45) is -0.679. The summed E-state index contributed by atoms with van der Waals surface area (Å²) in [6.45, 7) is 1.69. The van der Waals surface area contributed by atoms with E-state index < -0.39 is 6.10 Å². The summed E-state index contributed by atoms with van der Waals surface area (Å²) in [5.41, 5.74) is 0.663. The van der Waals surface area contributed by atoms with Gasteiger partial charge in [-0.25, -0.2) is 0 Å². The number of para-hydroxylation sites is 3. The number of hydrogen-bond acceptors (Lipinski definition) is 4. The topological polar surface area (TPSA) is 56.8 Å². The molecule has 0 heterocycles. The van der Waals surface area contributed by atoms with Crippen molar-refractivity contribution in [1.29, 1.82) is 0 Å². The Hall–Kier alpha value is -3.47. The van der Waals surface area contributed by atoms with Gasteiger partial charge in [-0.2, -0.15) is 0 Å². The van der Waals surface area contributed by atoms with E-state index in [0.717, 1.165) is 5.75 Å². The molecule has 1 amide bonds. The van der Waals surface area contributed by atoms with Crippen molar-refractivity contribution < 1.29 is 19.0 Å². The van der Waals surface area contributed by atoms with Crippen LogP contribution >= 0.6 is 0 Å². The molecule has 5 heteroatoms. The van der Waals surface area contributed by atoms with Gasteiger partial charge in [0.15, 0.2) is 17.6 Å². The Morgan fingerprint density at radius 3 is 2.07 bits per heavy atom. The van der Waals surface area contributed by atoms with Crippen molar-refractivity contribution in [1.82, 2.24) is 0 Å². The van der Waals surface area contributed by atoms with Crippen LogP contribution in [0.2, 0.25) is 0 Å². The Morgan fingerprint density at radius 1 is 0.815 bits per heavy atom. The van der Waals surface area contributed by atoms with E-state index in [9.17, 15) is 4.79 Å². The van der Waals surface area contributed by atoms with Crippen LogP contribution in [-0.4, -0.2) is 19.1 Å². The SMILES string of the molecule is COc1ccccc1OC(C)C(=O)Nc1ccc(Oc2ccccc2)cc1. The molecule has 138 valence electrons. The molecular formula is C22H21NO4. The molecule has 27 heavy (non-hydrogen) atoms. The second-order valence-electron chi connectivity index (χ2n) is 5.84. The summed E-state index contributed by atoms with van der Waals surface area (Å²) < 4.78 is 16.7. The first-order valence-corrected chi connectivity index (χ1v) is 8.59. The van der Waals surface area contributed by atoms with Gasteiger partial charge in [-0.15, -0.1) is 0 Å². The number of carbonyl (C=O) groups is 1. The van der Waals surface area contributed by atoms with E-state index >= 15 is 0 Å². The highest BCUT2D eigenvalue weighted by atomic mass is 16.5. The van der Waals surface area contributed by atoms with Crippen LogP contribution in [0.4, 0.5) is 5.69 Å². The van der Waals surface area contributed by atoms with E-state index in [0.29, 0.717) is 22.9 Å². The second kappa shape index (κ2) is 8.76. The first-order valence-electron chi connectivity index (χ1n) is 8.59. The Bertz CT molecular complexity index is 878. The summed E-state index contributed by atoms with van der Waals surface area (Å²) in [4.78, 5) is 12.4. The van der Waals surface area contributed by atoms with Gasteiger partial charge in [0.1, 0.15) is 11.5 Å². The Balaban J connectivity index is 1.58. The zero-order chi connectivity index (χ0) is 19.1. The number of amides is 1. The summed E-state index contributed by atoms with van der Waals surface area (Å²) in [6, 6.07) is 23.9. The average molecular weight is 363 g/mol. The minimum absolute atomic E-state index is 0.252. The standard InChI is InChI=1S/C22H21NO4/c1-16(26-21-11-7-6-10-20(21)25-2)22(24)23-17-12-14-19(15-13-17)27-18-8-4-3-5-9-18/h3-16H,1-2H3,(H,23,24). The number of hydrogen-bond donors (Lipinski definition) is 1. The van der Waals surface area contributed by atoms with E-state index in [-0.39, 0.29) is 5.91 Å². The van der Waals surface area contributed by atoms with Crippen LogP contribution in [-0.2, 0) is 4.79 Å². The largest absolute Gasteiger partial charge is 0.493 e. The highest BCUT2D eigenvalue weighted by Gasteiger charge is 2.16. The fourth-order valence-electron chi connectivity index (χ4n) is 2.43. The maximum absolute atomic E-state index is 12.4. The van der Waals surface area contributed by atoms with Gasteiger partial charge in [0.05, 0.1) is 7.11 Å². The molecule has 0 fully saturated rings. The van der Waals surface area contributed by atoms with Gasteiger partial charge in [0, 0.05) is 5.69 Å². The lowest BCUT2D eigenvalue weighted by Crippen LogP contribution is -2.30. The van der Waals surface area contributed by atoms with Crippen LogP contribution in [0.15, 0.2) is 78.9 Å². The fraction of sp³-hybridized carbons (Fsp3) is 0.136. The second-order valence-corrected chi connectivity index (χ2v) is 5.84. The third kappa shape index (κ3) is 5.01. The Kier molecular flexibility index (Phi) is 5.94. The minimum Gasteiger partial charge on any atom is -0.493 e. The van der Waals surface area contributed by atoms with E-state index in [1.54, 1.807) is 50.4 Å². The summed E-state index contributed by atoms with van der Waals surface area (Å²) in [7, 11) is 1.56. The van der Waals surface area contributed by atoms with Crippen molar-refractivity contribution in [2.45, 2.75) is 13.0 Å². The van der Waals surface area contributed by atoms with E-state index in [1.165, 1.54) is 0 Å². The van der Waals surface area contributed by atoms with Crippen molar-refractivity contribution >= 4 is 11.6 Å². The first-order chi connectivity index (χ1) is 13.2. The van der Waals surface area contributed by atoms with Crippen molar-refractivity contribution in [3.05, 3.63) is 78.9 Å². The Labute approximate surface area is 158 Å². The maximum Gasteiger partial charge on any atom is 0.265 e. The molecule has 0 spiro atoms. The molecule has 1 atom stereocenters. The summed E-state index contributed by atoms with van der Waals surface area (Å²) in [5.74, 6) is 2.30.